The summed E-state index contributed by atoms with van der Waals surface area (Å²) in [5.41, 5.74) is 0. The number of hydrogen-bond acceptors (Lipinski definition) is 2. The van der Waals surface area contributed by atoms with E-state index in [0.717, 1.165) is 0 Å². The van der Waals surface area contributed by atoms with Gasteiger partial charge in [0.25, 0.3) is 0 Å². The molecule has 0 saturated carbocycles. The summed E-state index contributed by atoms with van der Waals surface area (Å²) in [4.78, 5) is 8.66. The summed E-state index contributed by atoms with van der Waals surface area (Å²) in [7, 11) is -1.61. The minimum Gasteiger partial charge on any atom is -0.433 e. The van der Waals surface area contributed by atoms with Gasteiger partial charge in [0.05, 0.1) is 0 Å². The van der Waals surface area contributed by atoms with E-state index in [-0.39, 0.29) is 38.8 Å². The van der Waals surface area contributed by atoms with E-state index in [0.29, 0.717) is 0 Å². The normalized spacial score (nSPS) is 8.00. The van der Waals surface area contributed by atoms with Gasteiger partial charge >= 0.3 is 0 Å². The first-order chi connectivity index (χ1) is 3.73. The summed E-state index contributed by atoms with van der Waals surface area (Å²) < 4.78 is 0. The van der Waals surface area contributed by atoms with Crippen molar-refractivity contribution >= 4 is 8.32 Å². The molecule has 0 unspecified atom stereocenters. The van der Waals surface area contributed by atoms with Crippen LogP contribution in [-0.4, -0.2) is 35.3 Å². The second-order valence-electron chi connectivity index (χ2n) is 3.26. The maximum atomic E-state index is 8.66. The molecule has 0 fully saturated rings. The molecule has 78 valence electrons. The van der Waals surface area contributed by atoms with Crippen LogP contribution in [0, 0.1) is 0 Å². The Balaban J connectivity index is -0.0000000221. The molecule has 0 radical (unpaired) electrons. The summed E-state index contributed by atoms with van der Waals surface area (Å²) in [6.45, 7) is 9.09. The van der Waals surface area contributed by atoms with Gasteiger partial charge in [-0.25, -0.2) is 0 Å². The number of rotatable bonds is 0. The van der Waals surface area contributed by atoms with Gasteiger partial charge in [-0.2, -0.15) is 0 Å². The van der Waals surface area contributed by atoms with E-state index >= 15 is 0 Å². The van der Waals surface area contributed by atoms with Crippen LogP contribution in [0.25, 0.3) is 0 Å². The van der Waals surface area contributed by atoms with Gasteiger partial charge in [-0.05, 0) is 33.5 Å². The molecule has 0 aliphatic carbocycles. The van der Waals surface area contributed by atoms with Gasteiger partial charge < -0.3 is 20.9 Å². The van der Waals surface area contributed by atoms with Crippen molar-refractivity contribution in [2.24, 2.45) is 0 Å². The average Bonchev–Trinajstić information content (AvgIpc) is 1.19. The molecule has 0 aromatic rings. The number of aliphatic hydroxyl groups excluding tert-OH is 1. The first kappa shape index (κ1) is 29.3. The third kappa shape index (κ3) is 1730. The Morgan fingerprint density at radius 1 is 1.00 bits per heavy atom. The zero-order valence-electron chi connectivity index (χ0n) is 8.47. The fourth-order valence-electron chi connectivity index (χ4n) is 0. The molecule has 0 aromatic carbocycles. The number of hydrogen-bond donors (Lipinski definition) is 2. The predicted molar refractivity (Wildman–Crippen MR) is 50.1 cm³/mol. The van der Waals surface area contributed by atoms with Crippen molar-refractivity contribution in [3.63, 3.8) is 0 Å². The van der Waals surface area contributed by atoms with Crippen molar-refractivity contribution in [1.82, 2.24) is 0 Å². The summed E-state index contributed by atoms with van der Waals surface area (Å²) in [6, 6.07) is 0. The summed E-state index contributed by atoms with van der Waals surface area (Å²) >= 11 is 0. The van der Waals surface area contributed by atoms with E-state index in [1.165, 1.54) is 0 Å². The smallest absolute Gasteiger partial charge is 0.179 e. The maximum Gasteiger partial charge on any atom is 0.179 e. The minimum absolute atomic E-state index is 0. The SMILES string of the molecule is CC(C)O.C[Si](C)(C)O.O.O.[Ti]. The summed E-state index contributed by atoms with van der Waals surface area (Å²) in [5.74, 6) is 0. The Kier molecular flexibility index (Phi) is 34.9. The Labute approximate surface area is 90.6 Å². The molecular weight excluding hydrogens is 212 g/mol. The van der Waals surface area contributed by atoms with E-state index < -0.39 is 8.32 Å². The van der Waals surface area contributed by atoms with Gasteiger partial charge in [0.2, 0.25) is 0 Å². The maximum absolute atomic E-state index is 8.66. The van der Waals surface area contributed by atoms with Crippen LogP contribution in [-0.2, 0) is 21.7 Å². The molecule has 0 aliphatic heterocycles. The zero-order valence-corrected chi connectivity index (χ0v) is 11.0. The molecule has 0 aliphatic rings. The third-order valence-corrected chi connectivity index (χ3v) is 0. The topological polar surface area (TPSA) is 103 Å². The molecule has 0 spiro atoms. The molecular formula is C6H22O4SiTi. The van der Waals surface area contributed by atoms with Gasteiger partial charge in [-0.15, -0.1) is 0 Å². The molecule has 0 bridgehead atoms. The first-order valence-electron chi connectivity index (χ1n) is 3.14. The molecule has 12 heavy (non-hydrogen) atoms. The van der Waals surface area contributed by atoms with Crippen molar-refractivity contribution in [2.75, 3.05) is 0 Å². The van der Waals surface area contributed by atoms with Crippen molar-refractivity contribution in [1.29, 1.82) is 0 Å². The zero-order chi connectivity index (χ0) is 8.08. The van der Waals surface area contributed by atoms with Crippen LogP contribution in [0.5, 0.6) is 0 Å². The summed E-state index contributed by atoms with van der Waals surface area (Å²) in [6.07, 6.45) is -0.167. The molecule has 6 N–H and O–H groups in total. The third-order valence-electron chi connectivity index (χ3n) is 0. The molecule has 6 heteroatoms. The van der Waals surface area contributed by atoms with Crippen LogP contribution >= 0.6 is 0 Å². The van der Waals surface area contributed by atoms with E-state index in [1.807, 2.05) is 19.6 Å². The van der Waals surface area contributed by atoms with Crippen molar-refractivity contribution in [3.05, 3.63) is 0 Å². The molecule has 0 amide bonds. The van der Waals surface area contributed by atoms with Gasteiger partial charge in [0.15, 0.2) is 8.32 Å². The van der Waals surface area contributed by atoms with E-state index in [9.17, 15) is 0 Å². The van der Waals surface area contributed by atoms with E-state index in [1.54, 1.807) is 13.8 Å². The Hall–Kier alpha value is 0.771. The summed E-state index contributed by atoms with van der Waals surface area (Å²) in [5, 5.41) is 8.06. The Morgan fingerprint density at radius 3 is 1.00 bits per heavy atom. The van der Waals surface area contributed by atoms with Crippen LogP contribution in [0.1, 0.15) is 13.8 Å². The van der Waals surface area contributed by atoms with Gasteiger partial charge in [-0.3, -0.25) is 0 Å². The number of aliphatic hydroxyl groups is 1. The largest absolute Gasteiger partial charge is 0.433 e. The molecule has 0 atom stereocenters. The monoisotopic (exact) mass is 234 g/mol. The van der Waals surface area contributed by atoms with Gasteiger partial charge in [0, 0.05) is 27.8 Å². The average molecular weight is 234 g/mol. The molecule has 4 nitrogen and oxygen atoms in total. The second kappa shape index (κ2) is 14.3. The standard InChI is InChI=1S/C3H10OSi.C3H8O.2H2O.Ti/c1-5(2,3)4;1-3(2)4;;;/h4H,1-3H3;3-4H,1-2H3;2*1H2;. The van der Waals surface area contributed by atoms with Crippen LogP contribution < -0.4 is 0 Å². The molecule has 0 saturated heterocycles. The van der Waals surface area contributed by atoms with Crippen molar-refractivity contribution < 1.29 is 42.6 Å². The molecule has 0 aromatic heterocycles. The Bertz CT molecular complexity index is 56.3. The van der Waals surface area contributed by atoms with Crippen molar-refractivity contribution in [2.45, 2.75) is 39.6 Å². The van der Waals surface area contributed by atoms with Crippen molar-refractivity contribution in [3.8, 4) is 0 Å². The first-order valence-corrected chi connectivity index (χ1v) is 6.58. The quantitative estimate of drug-likeness (QED) is 0.554. The van der Waals surface area contributed by atoms with Crippen LogP contribution in [0.4, 0.5) is 0 Å². The fraction of sp³-hybridized carbons (Fsp3) is 1.00. The van der Waals surface area contributed by atoms with E-state index in [4.69, 9.17) is 9.90 Å². The predicted octanol–water partition coefficient (Wildman–Crippen LogP) is -0.451. The second-order valence-corrected chi connectivity index (χ2v) is 7.61. The Morgan fingerprint density at radius 2 is 1.00 bits per heavy atom. The molecule has 0 heterocycles. The van der Waals surface area contributed by atoms with Crippen LogP contribution in [0.15, 0.2) is 0 Å². The van der Waals surface area contributed by atoms with Crippen LogP contribution in [0.2, 0.25) is 19.6 Å². The van der Waals surface area contributed by atoms with Gasteiger partial charge in [-0.1, -0.05) is 0 Å². The minimum atomic E-state index is -1.61. The van der Waals surface area contributed by atoms with E-state index in [2.05, 4.69) is 0 Å². The van der Waals surface area contributed by atoms with Gasteiger partial charge in [0.1, 0.15) is 0 Å². The van der Waals surface area contributed by atoms with Crippen LogP contribution in [0.3, 0.4) is 0 Å². The fourth-order valence-corrected chi connectivity index (χ4v) is 0. The molecule has 0 rings (SSSR count).